The van der Waals surface area contributed by atoms with Crippen molar-refractivity contribution < 1.29 is 9.15 Å². The number of benzene rings is 2. The topological polar surface area (TPSA) is 74.9 Å². The summed E-state index contributed by atoms with van der Waals surface area (Å²) in [7, 11) is 3.49. The third-order valence-electron chi connectivity index (χ3n) is 5.69. The Morgan fingerprint density at radius 1 is 1.25 bits per heavy atom. The van der Waals surface area contributed by atoms with Crippen LogP contribution in [0, 0.1) is 6.92 Å². The summed E-state index contributed by atoms with van der Waals surface area (Å²) in [6, 6.07) is 16.7. The van der Waals surface area contributed by atoms with Crippen LogP contribution < -0.4 is 20.3 Å². The summed E-state index contributed by atoms with van der Waals surface area (Å²) < 4.78 is 11.0. The Morgan fingerprint density at radius 3 is 2.88 bits per heavy atom. The van der Waals surface area contributed by atoms with Gasteiger partial charge in [-0.15, -0.1) is 0 Å². The molecule has 2 heterocycles. The van der Waals surface area contributed by atoms with E-state index in [4.69, 9.17) is 9.15 Å². The van der Waals surface area contributed by atoms with Gasteiger partial charge in [-0.1, -0.05) is 23.8 Å². The molecule has 1 aliphatic heterocycles. The molecule has 1 aliphatic rings. The highest BCUT2D eigenvalue weighted by Crippen LogP contribution is 2.24. The molecule has 4 rings (SSSR count). The van der Waals surface area contributed by atoms with Crippen molar-refractivity contribution in [3.63, 3.8) is 0 Å². The van der Waals surface area contributed by atoms with E-state index in [9.17, 15) is 0 Å². The Balaban J connectivity index is 1.32. The fourth-order valence-corrected chi connectivity index (χ4v) is 3.92. The number of hydrogen-bond acceptors (Lipinski definition) is 5. The summed E-state index contributed by atoms with van der Waals surface area (Å²) in [5, 5.41) is 6.91. The molecule has 168 valence electrons. The number of nitrogens with zero attached hydrogens (tertiary/aromatic N) is 3. The molecule has 1 aromatic heterocycles. The smallest absolute Gasteiger partial charge is 0.226 e. The quantitative estimate of drug-likeness (QED) is 0.452. The zero-order valence-corrected chi connectivity index (χ0v) is 19.0. The molecule has 32 heavy (non-hydrogen) atoms. The van der Waals surface area contributed by atoms with Crippen LogP contribution in [0.2, 0.25) is 0 Å². The standard InChI is InChI=1S/C25H31N5O2/c1-18-9-11-19(12-10-18)24-28-21(17-32-24)15-27-25(26-2)29-20-6-5-13-30(16-20)22-7-4-8-23(14-22)31-3/h4,7-12,14,17,20H,5-6,13,15-16H2,1-3H3,(H2,26,27,29). The number of ether oxygens (including phenoxy) is 1. The highest BCUT2D eigenvalue weighted by Gasteiger charge is 2.21. The molecular formula is C25H31N5O2. The van der Waals surface area contributed by atoms with Gasteiger partial charge in [0.05, 0.1) is 19.3 Å². The fourth-order valence-electron chi connectivity index (χ4n) is 3.92. The van der Waals surface area contributed by atoms with Gasteiger partial charge in [0.25, 0.3) is 0 Å². The van der Waals surface area contributed by atoms with E-state index in [0.29, 0.717) is 18.5 Å². The van der Waals surface area contributed by atoms with Crippen LogP contribution >= 0.6 is 0 Å². The third-order valence-corrected chi connectivity index (χ3v) is 5.69. The van der Waals surface area contributed by atoms with E-state index in [-0.39, 0.29) is 0 Å². The lowest BCUT2D eigenvalue weighted by Crippen LogP contribution is -2.51. The minimum absolute atomic E-state index is 0.307. The maximum absolute atomic E-state index is 5.66. The molecule has 0 radical (unpaired) electrons. The van der Waals surface area contributed by atoms with Gasteiger partial charge in [0.2, 0.25) is 5.89 Å². The molecule has 0 bridgehead atoms. The zero-order valence-electron chi connectivity index (χ0n) is 19.0. The summed E-state index contributed by atoms with van der Waals surface area (Å²) in [4.78, 5) is 11.4. The van der Waals surface area contributed by atoms with Crippen LogP contribution in [0.15, 0.2) is 64.2 Å². The van der Waals surface area contributed by atoms with Crippen molar-refractivity contribution in [1.29, 1.82) is 0 Å². The van der Waals surface area contributed by atoms with E-state index in [1.54, 1.807) is 20.4 Å². The molecule has 2 aromatic carbocycles. The molecule has 3 aromatic rings. The van der Waals surface area contributed by atoms with E-state index in [1.165, 1.54) is 11.3 Å². The van der Waals surface area contributed by atoms with E-state index < -0.39 is 0 Å². The number of aryl methyl sites for hydroxylation is 1. The molecule has 1 atom stereocenters. The second-order valence-electron chi connectivity index (χ2n) is 8.07. The molecule has 1 fully saturated rings. The number of guanidine groups is 1. The second-order valence-corrected chi connectivity index (χ2v) is 8.07. The summed E-state index contributed by atoms with van der Waals surface area (Å²) in [5.41, 5.74) is 4.21. The Labute approximate surface area is 189 Å². The molecule has 7 heteroatoms. The number of aliphatic imine (C=N–C) groups is 1. The minimum Gasteiger partial charge on any atom is -0.497 e. The molecule has 1 saturated heterocycles. The number of anilines is 1. The number of methoxy groups -OCH3 is 1. The Bertz CT molecular complexity index is 1040. The average molecular weight is 434 g/mol. The first-order valence-corrected chi connectivity index (χ1v) is 11.0. The van der Waals surface area contributed by atoms with Crippen LogP contribution in [-0.4, -0.2) is 44.2 Å². The van der Waals surface area contributed by atoms with Gasteiger partial charge in [0.1, 0.15) is 12.0 Å². The third kappa shape index (κ3) is 5.41. The molecular weight excluding hydrogens is 402 g/mol. The average Bonchev–Trinajstić information content (AvgIpc) is 3.31. The van der Waals surface area contributed by atoms with Gasteiger partial charge >= 0.3 is 0 Å². The maximum atomic E-state index is 5.66. The molecule has 0 spiro atoms. The summed E-state index contributed by atoms with van der Waals surface area (Å²) >= 11 is 0. The minimum atomic E-state index is 0.307. The van der Waals surface area contributed by atoms with Gasteiger partial charge in [-0.2, -0.15) is 0 Å². The molecule has 2 N–H and O–H groups in total. The van der Waals surface area contributed by atoms with Gasteiger partial charge in [-0.25, -0.2) is 4.98 Å². The van der Waals surface area contributed by atoms with Crippen LogP contribution in [0.25, 0.3) is 11.5 Å². The lowest BCUT2D eigenvalue weighted by Gasteiger charge is -2.35. The van der Waals surface area contributed by atoms with Gasteiger partial charge in [-0.05, 0) is 44.0 Å². The first-order chi connectivity index (χ1) is 15.6. The lowest BCUT2D eigenvalue weighted by atomic mass is 10.0. The normalized spacial score (nSPS) is 16.7. The number of rotatable bonds is 6. The maximum Gasteiger partial charge on any atom is 0.226 e. The summed E-state index contributed by atoms with van der Waals surface area (Å²) in [6.07, 6.45) is 3.92. The van der Waals surface area contributed by atoms with Gasteiger partial charge < -0.3 is 24.7 Å². The molecule has 0 aliphatic carbocycles. The monoisotopic (exact) mass is 433 g/mol. The number of hydrogen-bond donors (Lipinski definition) is 2. The second kappa shape index (κ2) is 10.2. The van der Waals surface area contributed by atoms with Crippen molar-refractivity contribution in [2.75, 3.05) is 32.1 Å². The molecule has 0 saturated carbocycles. The SMILES string of the molecule is CN=C(NCc1coc(-c2ccc(C)cc2)n1)NC1CCCN(c2cccc(OC)c2)C1. The van der Waals surface area contributed by atoms with Crippen LogP contribution in [0.5, 0.6) is 5.75 Å². The van der Waals surface area contributed by atoms with Crippen LogP contribution in [-0.2, 0) is 6.54 Å². The Kier molecular flexibility index (Phi) is 6.94. The van der Waals surface area contributed by atoms with E-state index in [1.807, 2.05) is 24.3 Å². The van der Waals surface area contributed by atoms with Gasteiger partial charge in [0, 0.05) is 43.5 Å². The van der Waals surface area contributed by atoms with Gasteiger partial charge in [-0.3, -0.25) is 4.99 Å². The summed E-state index contributed by atoms with van der Waals surface area (Å²) in [6.45, 7) is 4.56. The van der Waals surface area contributed by atoms with Crippen molar-refractivity contribution in [2.45, 2.75) is 32.4 Å². The number of nitrogens with one attached hydrogen (secondary N) is 2. The lowest BCUT2D eigenvalue weighted by molar-refractivity contribution is 0.414. The molecule has 0 amide bonds. The predicted molar refractivity (Wildman–Crippen MR) is 128 cm³/mol. The van der Waals surface area contributed by atoms with Crippen LogP contribution in [0.4, 0.5) is 5.69 Å². The Morgan fingerprint density at radius 2 is 2.09 bits per heavy atom. The number of oxazole rings is 1. The van der Waals surface area contributed by atoms with Gasteiger partial charge in [0.15, 0.2) is 5.96 Å². The first kappa shape index (κ1) is 21.7. The van der Waals surface area contributed by atoms with Crippen LogP contribution in [0.3, 0.4) is 0 Å². The highest BCUT2D eigenvalue weighted by molar-refractivity contribution is 5.80. The number of aromatic nitrogens is 1. The molecule has 7 nitrogen and oxygen atoms in total. The zero-order chi connectivity index (χ0) is 22.3. The van der Waals surface area contributed by atoms with E-state index in [0.717, 1.165) is 48.9 Å². The van der Waals surface area contributed by atoms with Crippen molar-refractivity contribution >= 4 is 11.6 Å². The van der Waals surface area contributed by atoms with E-state index in [2.05, 4.69) is 56.7 Å². The van der Waals surface area contributed by atoms with Crippen molar-refractivity contribution in [2.24, 2.45) is 4.99 Å². The fraction of sp³-hybridized carbons (Fsp3) is 0.360. The predicted octanol–water partition coefficient (Wildman–Crippen LogP) is 3.99. The highest BCUT2D eigenvalue weighted by atomic mass is 16.5. The van der Waals surface area contributed by atoms with Crippen molar-refractivity contribution in [3.05, 3.63) is 66.1 Å². The van der Waals surface area contributed by atoms with E-state index >= 15 is 0 Å². The van der Waals surface area contributed by atoms with Crippen molar-refractivity contribution in [3.8, 4) is 17.2 Å². The number of piperidine rings is 1. The largest absolute Gasteiger partial charge is 0.497 e. The summed E-state index contributed by atoms with van der Waals surface area (Å²) in [5.74, 6) is 2.28. The molecule has 1 unspecified atom stereocenters. The van der Waals surface area contributed by atoms with Crippen molar-refractivity contribution in [1.82, 2.24) is 15.6 Å². The first-order valence-electron chi connectivity index (χ1n) is 11.0. The Hall–Kier alpha value is -3.48. The van der Waals surface area contributed by atoms with Crippen LogP contribution in [0.1, 0.15) is 24.1 Å².